The molecular weight excluding hydrogens is 662 g/mol. The summed E-state index contributed by atoms with van der Waals surface area (Å²) in [7, 11) is 0. The van der Waals surface area contributed by atoms with Gasteiger partial charge in [0, 0.05) is 30.6 Å². The molecule has 6 amide bonds. The average molecular weight is 704 g/mol. The zero-order valence-electron chi connectivity index (χ0n) is 25.7. The van der Waals surface area contributed by atoms with Crippen LogP contribution in [-0.4, -0.2) is 156 Å². The Morgan fingerprint density at radius 2 is 1.52 bits per heavy atom. The molecule has 2 rings (SSSR count). The van der Waals surface area contributed by atoms with Gasteiger partial charge in [0.2, 0.25) is 35.4 Å². The Labute approximate surface area is 279 Å². The summed E-state index contributed by atoms with van der Waals surface area (Å²) in [6.07, 6.45) is 0.173. The second kappa shape index (κ2) is 21.5. The molecule has 1 fully saturated rings. The van der Waals surface area contributed by atoms with E-state index < -0.39 is 105 Å². The predicted octanol–water partition coefficient (Wildman–Crippen LogP) is -6.52. The number of hydrogen-bond donors (Lipinski definition) is 12. The Morgan fingerprint density at radius 3 is 2.19 bits per heavy atom. The Kier molecular flexibility index (Phi) is 17.8. The first-order valence-corrected chi connectivity index (χ1v) is 15.3. The molecule has 0 bridgehead atoms. The number of aliphatic hydroxyl groups is 2. The zero-order valence-corrected chi connectivity index (χ0v) is 26.6. The Morgan fingerprint density at radius 1 is 0.854 bits per heavy atom. The van der Waals surface area contributed by atoms with Crippen LogP contribution in [0, 0.1) is 0 Å². The van der Waals surface area contributed by atoms with Crippen LogP contribution >= 0.6 is 12.6 Å². The lowest BCUT2D eigenvalue weighted by Crippen LogP contribution is -2.59. The molecule has 0 saturated carbocycles. The number of thiol groups is 1. The minimum absolute atomic E-state index is 0.0343. The molecule has 1 aromatic rings. The zero-order chi connectivity index (χ0) is 35.5. The summed E-state index contributed by atoms with van der Waals surface area (Å²) >= 11 is 4.06. The van der Waals surface area contributed by atoms with Gasteiger partial charge in [-0.3, -0.25) is 38.9 Å². The number of carbonyl (C=O) groups excluding carboxylic acids is 6. The molecule has 2 heterocycles. The summed E-state index contributed by atoms with van der Waals surface area (Å²) in [5, 5.41) is 45.7. The van der Waals surface area contributed by atoms with E-state index in [-0.39, 0.29) is 38.5 Å². The van der Waals surface area contributed by atoms with Crippen molar-refractivity contribution in [3.8, 4) is 0 Å². The maximum atomic E-state index is 13.2. The van der Waals surface area contributed by atoms with Gasteiger partial charge in [-0.1, -0.05) is 0 Å². The Balaban J connectivity index is 2.20. The Hall–Kier alpha value is -4.35. The fraction of sp³-hybridized carbons (Fsp3) is 0.615. The van der Waals surface area contributed by atoms with Gasteiger partial charge in [0.1, 0.15) is 37.0 Å². The number of aliphatic hydroxyl groups excluding tert-OH is 2. The van der Waals surface area contributed by atoms with Crippen LogP contribution in [0.15, 0.2) is 12.5 Å². The van der Waals surface area contributed by atoms with E-state index in [0.717, 1.165) is 0 Å². The van der Waals surface area contributed by atoms with E-state index in [2.05, 4.69) is 59.8 Å². The summed E-state index contributed by atoms with van der Waals surface area (Å²) < 4.78 is 10.6. The van der Waals surface area contributed by atoms with E-state index in [1.54, 1.807) is 0 Å². The lowest BCUT2D eigenvalue weighted by Gasteiger charge is -2.24. The second-order valence-corrected chi connectivity index (χ2v) is 10.6. The quantitative estimate of drug-likeness (QED) is 0.123. The number of hydrogen-bond acceptors (Lipinski definition) is 14. The van der Waals surface area contributed by atoms with Crippen LogP contribution in [-0.2, 0) is 49.5 Å². The van der Waals surface area contributed by atoms with Gasteiger partial charge >= 0.3 is 5.97 Å². The number of aliphatic carboxylic acids is 1. The van der Waals surface area contributed by atoms with E-state index in [4.69, 9.17) is 9.47 Å². The monoisotopic (exact) mass is 703 g/mol. The van der Waals surface area contributed by atoms with E-state index in [1.807, 2.05) is 0 Å². The van der Waals surface area contributed by atoms with Crippen LogP contribution in [0.2, 0.25) is 0 Å². The number of nitrogens with one attached hydrogen (secondary N) is 8. The fourth-order valence-electron chi connectivity index (χ4n) is 3.98. The molecule has 5 atom stereocenters. The highest BCUT2D eigenvalue weighted by Crippen LogP contribution is 2.03. The van der Waals surface area contributed by atoms with Gasteiger partial charge in [-0.15, -0.1) is 0 Å². The normalized spacial score (nSPS) is 25.7. The third-order valence-electron chi connectivity index (χ3n) is 6.41. The van der Waals surface area contributed by atoms with Crippen LogP contribution in [0.25, 0.3) is 0 Å². The number of aromatic amines is 1. The predicted molar refractivity (Wildman–Crippen MR) is 165 cm³/mol. The molecule has 1 saturated heterocycles. The summed E-state index contributed by atoms with van der Waals surface area (Å²) in [4.78, 5) is 94.3. The van der Waals surface area contributed by atoms with Crippen LogP contribution in [0.3, 0.4) is 0 Å². The molecular formula is C26H41N9O12S. The third kappa shape index (κ3) is 15.0. The van der Waals surface area contributed by atoms with Crippen molar-refractivity contribution in [3.63, 3.8) is 0 Å². The van der Waals surface area contributed by atoms with Gasteiger partial charge in [0.15, 0.2) is 0 Å². The van der Waals surface area contributed by atoms with E-state index in [9.17, 15) is 48.9 Å². The number of carbonyl (C=O) groups is 7. The first kappa shape index (κ1) is 39.8. The van der Waals surface area contributed by atoms with Crippen molar-refractivity contribution in [2.75, 3.05) is 58.4 Å². The number of nitrogens with zero attached hydrogens (tertiary/aromatic N) is 1. The van der Waals surface area contributed by atoms with Gasteiger partial charge in [0.25, 0.3) is 0 Å². The van der Waals surface area contributed by atoms with E-state index in [1.165, 1.54) is 12.5 Å². The molecule has 21 nitrogen and oxygen atoms in total. The molecule has 0 spiro atoms. The van der Waals surface area contributed by atoms with Crippen molar-refractivity contribution < 1.29 is 58.4 Å². The minimum atomic E-state index is -1.75. The SMILES string of the molecule is O=C(O)C[C@@H]1NC(=O)[C@H](Cc2cnc[nH]2)NC(=O)COCCOCCNC(=O)[C@H](CS)NC(=O)CNC(O)CNC(=O)[C@H](CO)NC1=O. The lowest BCUT2D eigenvalue weighted by atomic mass is 10.1. The molecule has 1 aromatic heterocycles. The van der Waals surface area contributed by atoms with Crippen molar-refractivity contribution in [1.29, 1.82) is 0 Å². The van der Waals surface area contributed by atoms with Crippen molar-refractivity contribution in [2.45, 2.75) is 43.2 Å². The summed E-state index contributed by atoms with van der Waals surface area (Å²) in [5.41, 5.74) is 0.418. The highest BCUT2D eigenvalue weighted by Gasteiger charge is 2.31. The molecule has 22 heteroatoms. The number of ether oxygens (including phenoxy) is 2. The summed E-state index contributed by atoms with van der Waals surface area (Å²) in [6.45, 7) is -2.25. The smallest absolute Gasteiger partial charge is 0.305 e. The molecule has 268 valence electrons. The standard InChI is InChI=1S/C26H41N9O12S/c36-10-17-23(42)30-8-19(37)29-9-20(38)33-18(12-48)24(43)28-1-2-46-3-4-47-11-21(39)32-15(5-14-7-27-13-31-14)25(44)34-16(6-22(40)41)26(45)35-17/h7,13,15-19,29,36-37,48H,1-6,8-12H2,(H,27,31)(H,28,43)(H,30,42)(H,32,39)(H,33,38)(H,34,44)(H,35,45)(H,40,41)/t15-,16-,17-,18-,19?/m0/s1. The molecule has 0 aliphatic carbocycles. The van der Waals surface area contributed by atoms with Crippen LogP contribution in [0.4, 0.5) is 0 Å². The van der Waals surface area contributed by atoms with Crippen LogP contribution in [0.1, 0.15) is 12.1 Å². The Bertz CT molecular complexity index is 1240. The van der Waals surface area contributed by atoms with Crippen molar-refractivity contribution in [3.05, 3.63) is 18.2 Å². The van der Waals surface area contributed by atoms with Gasteiger partial charge < -0.3 is 61.7 Å². The lowest BCUT2D eigenvalue weighted by molar-refractivity contribution is -0.141. The number of rotatable bonds is 6. The number of H-pyrrole nitrogens is 1. The van der Waals surface area contributed by atoms with Crippen molar-refractivity contribution >= 4 is 54.0 Å². The van der Waals surface area contributed by atoms with Gasteiger partial charge in [-0.25, -0.2) is 4.98 Å². The van der Waals surface area contributed by atoms with E-state index in [0.29, 0.717) is 5.69 Å². The minimum Gasteiger partial charge on any atom is -0.481 e. The van der Waals surface area contributed by atoms with Gasteiger partial charge in [-0.2, -0.15) is 12.6 Å². The second-order valence-electron chi connectivity index (χ2n) is 10.2. The molecule has 0 aromatic carbocycles. The number of carboxylic acid groups (broad SMARTS) is 1. The topological polar surface area (TPSA) is 312 Å². The molecule has 1 aliphatic rings. The van der Waals surface area contributed by atoms with Crippen molar-refractivity contribution in [1.82, 2.24) is 47.2 Å². The maximum absolute atomic E-state index is 13.2. The number of aromatic nitrogens is 2. The van der Waals surface area contributed by atoms with Crippen LogP contribution < -0.4 is 37.2 Å². The number of β-amino-alcohol motifs (C(OH)–C–C–N with tert-alkyl or cyclic N) is 1. The van der Waals surface area contributed by atoms with Crippen LogP contribution in [0.5, 0.6) is 0 Å². The van der Waals surface area contributed by atoms with Gasteiger partial charge in [-0.05, 0) is 0 Å². The largest absolute Gasteiger partial charge is 0.481 e. The highest BCUT2D eigenvalue weighted by atomic mass is 32.1. The van der Waals surface area contributed by atoms with E-state index >= 15 is 0 Å². The maximum Gasteiger partial charge on any atom is 0.305 e. The number of carboxylic acids is 1. The molecule has 0 radical (unpaired) electrons. The first-order chi connectivity index (χ1) is 22.9. The summed E-state index contributed by atoms with van der Waals surface area (Å²) in [6, 6.07) is -5.73. The molecule has 1 unspecified atom stereocenters. The fourth-order valence-corrected chi connectivity index (χ4v) is 4.24. The third-order valence-corrected chi connectivity index (χ3v) is 6.78. The summed E-state index contributed by atoms with van der Waals surface area (Å²) in [5.74, 6) is -6.57. The number of amides is 6. The highest BCUT2D eigenvalue weighted by molar-refractivity contribution is 7.80. The molecule has 1 aliphatic heterocycles. The average Bonchev–Trinajstić information content (AvgIpc) is 3.56. The molecule has 48 heavy (non-hydrogen) atoms. The van der Waals surface area contributed by atoms with Crippen molar-refractivity contribution in [2.24, 2.45) is 0 Å². The van der Waals surface area contributed by atoms with Gasteiger partial charge in [0.05, 0.1) is 52.3 Å². The number of imidazole rings is 1. The first-order valence-electron chi connectivity index (χ1n) is 14.7. The molecule has 11 N–H and O–H groups in total.